The first-order chi connectivity index (χ1) is 12.9. The molecule has 0 radical (unpaired) electrons. The maximum atomic E-state index is 13.6. The predicted octanol–water partition coefficient (Wildman–Crippen LogP) is 3.80. The smallest absolute Gasteiger partial charge is 0.223 e. The molecule has 0 bridgehead atoms. The fourth-order valence-corrected chi connectivity index (χ4v) is 3.16. The number of hydrogen-bond acceptors (Lipinski definition) is 2. The third-order valence-electron chi connectivity index (χ3n) is 4.59. The summed E-state index contributed by atoms with van der Waals surface area (Å²) >= 11 is 0. The largest absolute Gasteiger partial charge is 0.356 e. The Bertz CT molecular complexity index is 805. The van der Waals surface area contributed by atoms with Crippen molar-refractivity contribution in [2.24, 2.45) is 0 Å². The number of rotatable bonds is 8. The van der Waals surface area contributed by atoms with Crippen molar-refractivity contribution in [2.45, 2.75) is 40.0 Å². The molecule has 5 heteroatoms. The molecule has 0 heterocycles. The van der Waals surface area contributed by atoms with Gasteiger partial charge < -0.3 is 10.2 Å². The van der Waals surface area contributed by atoms with Gasteiger partial charge >= 0.3 is 0 Å². The molecule has 1 N–H and O–H groups in total. The van der Waals surface area contributed by atoms with Gasteiger partial charge in [-0.25, -0.2) is 4.39 Å². The summed E-state index contributed by atoms with van der Waals surface area (Å²) in [6.45, 7) is 6.22. The van der Waals surface area contributed by atoms with E-state index in [1.165, 1.54) is 13.0 Å². The van der Waals surface area contributed by atoms with Crippen molar-refractivity contribution in [1.29, 1.82) is 0 Å². The van der Waals surface area contributed by atoms with E-state index in [1.807, 2.05) is 32.0 Å². The zero-order chi connectivity index (χ0) is 19.8. The molecule has 0 saturated heterocycles. The molecule has 0 spiro atoms. The molecule has 27 heavy (non-hydrogen) atoms. The van der Waals surface area contributed by atoms with Gasteiger partial charge in [0.25, 0.3) is 0 Å². The zero-order valence-electron chi connectivity index (χ0n) is 16.2. The minimum atomic E-state index is -0.263. The van der Waals surface area contributed by atoms with E-state index in [2.05, 4.69) is 5.32 Å². The maximum absolute atomic E-state index is 13.6. The molecule has 2 amide bonds. The number of amides is 2. The Morgan fingerprint density at radius 3 is 2.44 bits per heavy atom. The van der Waals surface area contributed by atoms with Crippen LogP contribution in [0.15, 0.2) is 42.5 Å². The zero-order valence-corrected chi connectivity index (χ0v) is 16.2. The lowest BCUT2D eigenvalue weighted by molar-refractivity contribution is -0.121. The summed E-state index contributed by atoms with van der Waals surface area (Å²) in [5.41, 5.74) is 3.58. The van der Waals surface area contributed by atoms with E-state index in [9.17, 15) is 14.0 Å². The van der Waals surface area contributed by atoms with Crippen LogP contribution in [-0.4, -0.2) is 24.9 Å². The van der Waals surface area contributed by atoms with Crippen molar-refractivity contribution in [3.63, 3.8) is 0 Å². The van der Waals surface area contributed by atoms with Gasteiger partial charge in [-0.3, -0.25) is 9.59 Å². The third kappa shape index (κ3) is 5.64. The van der Waals surface area contributed by atoms with Crippen molar-refractivity contribution in [3.05, 3.63) is 65.0 Å². The number of para-hydroxylation sites is 1. The number of hydrogen-bond donors (Lipinski definition) is 1. The highest BCUT2D eigenvalue weighted by molar-refractivity contribution is 5.94. The third-order valence-corrected chi connectivity index (χ3v) is 4.59. The van der Waals surface area contributed by atoms with Crippen molar-refractivity contribution in [3.8, 4) is 0 Å². The van der Waals surface area contributed by atoms with Crippen LogP contribution in [0, 0.1) is 12.7 Å². The average molecular weight is 370 g/mol. The van der Waals surface area contributed by atoms with Crippen LogP contribution in [0.5, 0.6) is 0 Å². The summed E-state index contributed by atoms with van der Waals surface area (Å²) in [5.74, 6) is -0.497. The van der Waals surface area contributed by atoms with Crippen LogP contribution < -0.4 is 10.2 Å². The van der Waals surface area contributed by atoms with Crippen molar-refractivity contribution >= 4 is 17.5 Å². The Morgan fingerprint density at radius 2 is 1.78 bits per heavy atom. The van der Waals surface area contributed by atoms with Crippen molar-refractivity contribution in [2.75, 3.05) is 18.0 Å². The molecule has 0 fully saturated rings. The summed E-state index contributed by atoms with van der Waals surface area (Å²) in [6, 6.07) is 12.5. The molecule has 0 aliphatic rings. The molecule has 0 unspecified atom stereocenters. The highest BCUT2D eigenvalue weighted by atomic mass is 19.1. The SMILES string of the molecule is CCc1cccc(C)c1N(CCC(=O)NCCc1ccccc1F)C(C)=O. The fraction of sp³-hybridized carbons (Fsp3) is 0.364. The number of nitrogens with one attached hydrogen (secondary N) is 1. The number of anilines is 1. The lowest BCUT2D eigenvalue weighted by atomic mass is 10.0. The van der Waals surface area contributed by atoms with E-state index in [0.29, 0.717) is 25.1 Å². The molecule has 4 nitrogen and oxygen atoms in total. The maximum Gasteiger partial charge on any atom is 0.223 e. The first-order valence-electron chi connectivity index (χ1n) is 9.30. The van der Waals surface area contributed by atoms with Crippen LogP contribution in [0.1, 0.15) is 37.0 Å². The number of carbonyl (C=O) groups is 2. The monoisotopic (exact) mass is 370 g/mol. The summed E-state index contributed by atoms with van der Waals surface area (Å²) in [6.07, 6.45) is 1.45. The van der Waals surface area contributed by atoms with Gasteiger partial charge in [0.05, 0.1) is 0 Å². The Kier molecular flexibility index (Phi) is 7.53. The molecule has 2 rings (SSSR count). The number of halogens is 1. The molecule has 0 aliphatic heterocycles. The second-order valence-electron chi connectivity index (χ2n) is 6.55. The van der Waals surface area contributed by atoms with Crippen LogP contribution in [0.25, 0.3) is 0 Å². The molecular weight excluding hydrogens is 343 g/mol. The van der Waals surface area contributed by atoms with E-state index in [1.54, 1.807) is 23.1 Å². The minimum absolute atomic E-state index is 0.0850. The lowest BCUT2D eigenvalue weighted by Gasteiger charge is -2.25. The number of carbonyl (C=O) groups excluding carboxylic acids is 2. The van der Waals surface area contributed by atoms with Gasteiger partial charge in [-0.05, 0) is 42.5 Å². The van der Waals surface area contributed by atoms with E-state index in [-0.39, 0.29) is 24.1 Å². The number of nitrogens with zero attached hydrogens (tertiary/aromatic N) is 1. The Balaban J connectivity index is 1.93. The van der Waals surface area contributed by atoms with Gasteiger partial charge in [-0.1, -0.05) is 43.3 Å². The molecular formula is C22H27FN2O2. The fourth-order valence-electron chi connectivity index (χ4n) is 3.16. The van der Waals surface area contributed by atoms with Crippen LogP contribution >= 0.6 is 0 Å². The second-order valence-corrected chi connectivity index (χ2v) is 6.55. The predicted molar refractivity (Wildman–Crippen MR) is 106 cm³/mol. The molecule has 0 aliphatic carbocycles. The summed E-state index contributed by atoms with van der Waals surface area (Å²) in [5, 5.41) is 2.80. The Hall–Kier alpha value is -2.69. The standard InChI is InChI=1S/C22H27FN2O2/c1-4-18-10-7-8-16(2)22(18)25(17(3)26)15-13-21(27)24-14-12-19-9-5-6-11-20(19)23/h5-11H,4,12-15H2,1-3H3,(H,24,27). The van der Waals surface area contributed by atoms with Gasteiger partial charge in [0.2, 0.25) is 11.8 Å². The van der Waals surface area contributed by atoms with Gasteiger partial charge in [-0.15, -0.1) is 0 Å². The highest BCUT2D eigenvalue weighted by Gasteiger charge is 2.18. The van der Waals surface area contributed by atoms with E-state index < -0.39 is 0 Å². The first-order valence-corrected chi connectivity index (χ1v) is 9.30. The Labute approximate surface area is 160 Å². The number of aryl methyl sites for hydroxylation is 2. The van der Waals surface area contributed by atoms with Crippen LogP contribution in [0.3, 0.4) is 0 Å². The lowest BCUT2D eigenvalue weighted by Crippen LogP contribution is -2.35. The topological polar surface area (TPSA) is 49.4 Å². The quantitative estimate of drug-likeness (QED) is 0.768. The first kappa shape index (κ1) is 20.6. The van der Waals surface area contributed by atoms with E-state index >= 15 is 0 Å². The molecule has 2 aromatic rings. The highest BCUT2D eigenvalue weighted by Crippen LogP contribution is 2.26. The molecule has 0 aromatic heterocycles. The summed E-state index contributed by atoms with van der Waals surface area (Å²) in [4.78, 5) is 26.0. The van der Waals surface area contributed by atoms with E-state index in [0.717, 1.165) is 23.2 Å². The summed E-state index contributed by atoms with van der Waals surface area (Å²) < 4.78 is 13.6. The average Bonchev–Trinajstić information content (AvgIpc) is 2.64. The van der Waals surface area contributed by atoms with Gasteiger partial charge in [-0.2, -0.15) is 0 Å². The van der Waals surface area contributed by atoms with Gasteiger partial charge in [0.15, 0.2) is 0 Å². The van der Waals surface area contributed by atoms with Crippen LogP contribution in [0.4, 0.5) is 10.1 Å². The number of benzene rings is 2. The van der Waals surface area contributed by atoms with Crippen molar-refractivity contribution < 1.29 is 14.0 Å². The van der Waals surface area contributed by atoms with E-state index in [4.69, 9.17) is 0 Å². The van der Waals surface area contributed by atoms with Crippen molar-refractivity contribution in [1.82, 2.24) is 5.32 Å². The molecule has 0 saturated carbocycles. The minimum Gasteiger partial charge on any atom is -0.356 e. The molecule has 2 aromatic carbocycles. The van der Waals surface area contributed by atoms with Crippen LogP contribution in [-0.2, 0) is 22.4 Å². The normalized spacial score (nSPS) is 10.5. The van der Waals surface area contributed by atoms with Gasteiger partial charge in [0, 0.05) is 32.1 Å². The summed E-state index contributed by atoms with van der Waals surface area (Å²) in [7, 11) is 0. The molecule has 144 valence electrons. The van der Waals surface area contributed by atoms with Gasteiger partial charge in [0.1, 0.15) is 5.82 Å². The second kappa shape index (κ2) is 9.86. The Morgan fingerprint density at radius 1 is 1.07 bits per heavy atom. The molecule has 0 atom stereocenters. The van der Waals surface area contributed by atoms with Crippen LogP contribution in [0.2, 0.25) is 0 Å².